The monoisotopic (exact) mass is 543 g/mol. The van der Waals surface area contributed by atoms with Crippen LogP contribution in [0.2, 0.25) is 0 Å². The van der Waals surface area contributed by atoms with E-state index in [4.69, 9.17) is 17.0 Å². The fourth-order valence-corrected chi connectivity index (χ4v) is 5.02. The van der Waals surface area contributed by atoms with Crippen molar-refractivity contribution in [3.05, 3.63) is 102 Å². The topological polar surface area (TPSA) is 71.4 Å². The second-order valence-corrected chi connectivity index (χ2v) is 10.8. The molecule has 1 fully saturated rings. The smallest absolute Gasteiger partial charge is 0.229 e. The second kappa shape index (κ2) is 10.5. The molecule has 2 N–H and O–H groups in total. The maximum atomic E-state index is 14.2. The number of halogens is 1. The highest BCUT2D eigenvalue weighted by atomic mass is 32.1. The first-order valence-corrected chi connectivity index (χ1v) is 13.0. The van der Waals surface area contributed by atoms with Gasteiger partial charge < -0.3 is 24.8 Å². The largest absolute Gasteiger partial charge is 0.494 e. The van der Waals surface area contributed by atoms with E-state index in [1.807, 2.05) is 91.0 Å². The number of ether oxygens (including phenoxy) is 1. The number of rotatable bonds is 6. The summed E-state index contributed by atoms with van der Waals surface area (Å²) in [7, 11) is 1.57. The van der Waals surface area contributed by atoms with Crippen molar-refractivity contribution in [3.63, 3.8) is 0 Å². The van der Waals surface area contributed by atoms with Crippen LogP contribution in [-0.4, -0.2) is 27.7 Å². The number of nitrogens with one attached hydrogen (secondary N) is 2. The van der Waals surface area contributed by atoms with Crippen molar-refractivity contribution in [3.8, 4) is 11.4 Å². The highest BCUT2D eigenvalue weighted by Crippen LogP contribution is 2.44. The Balaban J connectivity index is 1.61. The molecule has 0 aliphatic carbocycles. The van der Waals surface area contributed by atoms with Gasteiger partial charge in [-0.25, -0.2) is 4.39 Å². The van der Waals surface area contributed by atoms with Crippen LogP contribution < -0.4 is 20.3 Å². The minimum absolute atomic E-state index is 0.118. The summed E-state index contributed by atoms with van der Waals surface area (Å²) >= 11 is 5.87. The Labute approximate surface area is 232 Å². The van der Waals surface area contributed by atoms with Crippen LogP contribution in [0.1, 0.15) is 44.2 Å². The molecule has 2 atom stereocenters. The van der Waals surface area contributed by atoms with Crippen LogP contribution in [0.3, 0.4) is 0 Å². The van der Waals surface area contributed by atoms with Crippen LogP contribution in [0.4, 0.5) is 15.8 Å². The summed E-state index contributed by atoms with van der Waals surface area (Å²) < 4.78 is 21.8. The van der Waals surface area contributed by atoms with Gasteiger partial charge in [0.15, 0.2) is 5.11 Å². The summed E-state index contributed by atoms with van der Waals surface area (Å²) in [6, 6.07) is 21.1. The molecule has 200 valence electrons. The first-order valence-electron chi connectivity index (χ1n) is 12.6. The normalized spacial score (nSPS) is 17.2. The number of hydrogen-bond donors (Lipinski definition) is 2. The molecule has 0 unspecified atom stereocenters. The highest BCUT2D eigenvalue weighted by Gasteiger charge is 2.42. The third-order valence-corrected chi connectivity index (χ3v) is 6.98. The molecule has 1 saturated heterocycles. The van der Waals surface area contributed by atoms with Crippen molar-refractivity contribution >= 4 is 34.6 Å². The molecule has 0 bridgehead atoms. The predicted molar refractivity (Wildman–Crippen MR) is 155 cm³/mol. The summed E-state index contributed by atoms with van der Waals surface area (Å²) in [6.45, 7) is 5.56. The van der Waals surface area contributed by atoms with Gasteiger partial charge in [0.1, 0.15) is 17.6 Å². The van der Waals surface area contributed by atoms with E-state index >= 15 is 0 Å². The number of anilines is 2. The quantitative estimate of drug-likeness (QED) is 0.283. The van der Waals surface area contributed by atoms with Crippen molar-refractivity contribution in [2.24, 2.45) is 5.41 Å². The lowest BCUT2D eigenvalue weighted by molar-refractivity contribution is -0.123. The highest BCUT2D eigenvalue weighted by molar-refractivity contribution is 7.80. The summed E-state index contributed by atoms with van der Waals surface area (Å²) in [6.07, 6.45) is 3.66. The van der Waals surface area contributed by atoms with E-state index in [1.165, 1.54) is 12.1 Å². The number of amides is 1. The number of benzene rings is 2. The van der Waals surface area contributed by atoms with Crippen molar-refractivity contribution in [1.82, 2.24) is 14.9 Å². The SMILES string of the molecule is COc1cc(N2C(=S)N[C@@H](c3ccccn3)[C@@H]2c2cccn2-c2cccc(F)c2)ccc1NC(=O)C(C)(C)C. The molecule has 3 heterocycles. The number of aromatic nitrogens is 2. The standard InChI is InChI=1S/C30H30FN5O2S/c1-30(2,3)28(37)33-22-14-13-21(18-25(22)38-4)36-27(26(34-29(36)39)23-11-5-6-15-32-23)24-12-8-16-35(24)20-10-7-9-19(31)17-20/h5-18,26-27H,1-4H3,(H,33,37)(H,34,39)/t26-,27-/m0/s1. The second-order valence-electron chi connectivity index (χ2n) is 10.4. The zero-order chi connectivity index (χ0) is 27.7. The molecule has 1 aliphatic rings. The van der Waals surface area contributed by atoms with Crippen LogP contribution in [-0.2, 0) is 4.79 Å². The van der Waals surface area contributed by atoms with Gasteiger partial charge in [-0.2, -0.15) is 0 Å². The van der Waals surface area contributed by atoms with Crippen LogP contribution >= 0.6 is 12.2 Å². The van der Waals surface area contributed by atoms with Gasteiger partial charge in [-0.3, -0.25) is 9.78 Å². The molecule has 0 spiro atoms. The summed E-state index contributed by atoms with van der Waals surface area (Å²) in [5.41, 5.74) is 3.19. The molecule has 0 saturated carbocycles. The third-order valence-electron chi connectivity index (χ3n) is 6.66. The number of methoxy groups -OCH3 is 1. The van der Waals surface area contributed by atoms with E-state index in [1.54, 1.807) is 19.4 Å². The maximum Gasteiger partial charge on any atom is 0.229 e. The first-order chi connectivity index (χ1) is 18.7. The van der Waals surface area contributed by atoms with Crippen molar-refractivity contribution < 1.29 is 13.9 Å². The van der Waals surface area contributed by atoms with Crippen molar-refractivity contribution in [1.29, 1.82) is 0 Å². The Morgan fingerprint density at radius 1 is 1.05 bits per heavy atom. The lowest BCUT2D eigenvalue weighted by Crippen LogP contribution is -2.30. The van der Waals surface area contributed by atoms with Gasteiger partial charge in [-0.05, 0) is 66.8 Å². The van der Waals surface area contributed by atoms with E-state index in [0.29, 0.717) is 22.2 Å². The van der Waals surface area contributed by atoms with Gasteiger partial charge in [0.2, 0.25) is 5.91 Å². The Morgan fingerprint density at radius 2 is 1.87 bits per heavy atom. The molecule has 1 aliphatic heterocycles. The lowest BCUT2D eigenvalue weighted by atomic mass is 9.95. The summed E-state index contributed by atoms with van der Waals surface area (Å²) in [5.74, 6) is 0.0735. The fourth-order valence-electron chi connectivity index (χ4n) is 4.67. The van der Waals surface area contributed by atoms with Gasteiger partial charge in [0.25, 0.3) is 0 Å². The zero-order valence-electron chi connectivity index (χ0n) is 22.2. The molecule has 39 heavy (non-hydrogen) atoms. The lowest BCUT2D eigenvalue weighted by Gasteiger charge is -2.29. The Hall–Kier alpha value is -4.24. The Kier molecular flexibility index (Phi) is 7.10. The van der Waals surface area contributed by atoms with Gasteiger partial charge in [0, 0.05) is 40.9 Å². The molecule has 7 nitrogen and oxygen atoms in total. The molecule has 4 aromatic rings. The minimum atomic E-state index is -0.562. The van der Waals surface area contributed by atoms with Crippen LogP contribution in [0.5, 0.6) is 5.75 Å². The molecular formula is C30H30FN5O2S. The molecule has 2 aromatic carbocycles. The number of nitrogens with zero attached hydrogens (tertiary/aromatic N) is 3. The number of thiocarbonyl (C=S) groups is 1. The summed E-state index contributed by atoms with van der Waals surface area (Å²) in [5, 5.41) is 6.92. The van der Waals surface area contributed by atoms with Gasteiger partial charge in [-0.1, -0.05) is 32.9 Å². The van der Waals surface area contributed by atoms with Crippen molar-refractivity contribution in [2.75, 3.05) is 17.3 Å². The van der Waals surface area contributed by atoms with Crippen LogP contribution in [0.25, 0.3) is 5.69 Å². The van der Waals surface area contributed by atoms with E-state index in [0.717, 1.165) is 17.1 Å². The molecule has 2 aromatic heterocycles. The predicted octanol–water partition coefficient (Wildman–Crippen LogP) is 6.18. The number of pyridine rings is 1. The zero-order valence-corrected chi connectivity index (χ0v) is 23.0. The maximum absolute atomic E-state index is 14.2. The van der Waals surface area contributed by atoms with Crippen LogP contribution in [0, 0.1) is 11.2 Å². The first kappa shape index (κ1) is 26.4. The third kappa shape index (κ3) is 5.22. The van der Waals surface area contributed by atoms with E-state index in [9.17, 15) is 9.18 Å². The minimum Gasteiger partial charge on any atom is -0.494 e. The van der Waals surface area contributed by atoms with Gasteiger partial charge >= 0.3 is 0 Å². The van der Waals surface area contributed by atoms with Gasteiger partial charge in [-0.15, -0.1) is 0 Å². The number of hydrogen-bond acceptors (Lipinski definition) is 4. The molecule has 1 amide bonds. The number of carbonyl (C=O) groups excluding carboxylic acids is 1. The molecule has 0 radical (unpaired) electrons. The van der Waals surface area contributed by atoms with E-state index < -0.39 is 5.41 Å². The Bertz CT molecular complexity index is 1520. The van der Waals surface area contributed by atoms with E-state index in [-0.39, 0.29) is 23.8 Å². The van der Waals surface area contributed by atoms with Crippen molar-refractivity contribution in [2.45, 2.75) is 32.9 Å². The van der Waals surface area contributed by atoms with E-state index in [2.05, 4.69) is 15.6 Å². The molecule has 9 heteroatoms. The average Bonchev–Trinajstić information content (AvgIpc) is 3.53. The summed E-state index contributed by atoms with van der Waals surface area (Å²) in [4.78, 5) is 19.3. The Morgan fingerprint density at radius 3 is 2.56 bits per heavy atom. The van der Waals surface area contributed by atoms with Gasteiger partial charge in [0.05, 0.1) is 24.5 Å². The molecule has 5 rings (SSSR count). The van der Waals surface area contributed by atoms with Crippen LogP contribution in [0.15, 0.2) is 85.2 Å². The molecular weight excluding hydrogens is 513 g/mol. The average molecular weight is 544 g/mol. The fraction of sp³-hybridized carbons (Fsp3) is 0.233. The number of carbonyl (C=O) groups is 1.